The molecule has 0 aromatic carbocycles. The molecular weight excluding hydrogens is 254 g/mol. The van der Waals surface area contributed by atoms with Crippen molar-refractivity contribution < 1.29 is 8.42 Å². The van der Waals surface area contributed by atoms with Crippen molar-refractivity contribution in [3.63, 3.8) is 0 Å². The van der Waals surface area contributed by atoms with Crippen molar-refractivity contribution in [2.24, 2.45) is 0 Å². The molecule has 0 fully saturated rings. The van der Waals surface area contributed by atoms with E-state index < -0.39 is 10.0 Å². The van der Waals surface area contributed by atoms with Crippen molar-refractivity contribution in [3.8, 4) is 0 Å². The summed E-state index contributed by atoms with van der Waals surface area (Å²) in [6, 6.07) is 1.79. The summed E-state index contributed by atoms with van der Waals surface area (Å²) in [5.74, 6) is 0. The molecule has 1 aromatic heterocycles. The van der Waals surface area contributed by atoms with Gasteiger partial charge in [0.15, 0.2) is 0 Å². The van der Waals surface area contributed by atoms with Crippen molar-refractivity contribution >= 4 is 21.4 Å². The van der Waals surface area contributed by atoms with Crippen LogP contribution in [0, 0.1) is 13.8 Å². The van der Waals surface area contributed by atoms with Crippen molar-refractivity contribution in [2.45, 2.75) is 45.4 Å². The maximum absolute atomic E-state index is 12.5. The first kappa shape index (κ1) is 14.7. The summed E-state index contributed by atoms with van der Waals surface area (Å²) in [4.78, 5) is 2.43. The number of thiophene rings is 1. The topological polar surface area (TPSA) is 37.4 Å². The van der Waals surface area contributed by atoms with E-state index in [1.807, 2.05) is 27.7 Å². The van der Waals surface area contributed by atoms with E-state index >= 15 is 0 Å². The highest BCUT2D eigenvalue weighted by Crippen LogP contribution is 2.27. The Morgan fingerprint density at radius 3 is 2.06 bits per heavy atom. The largest absolute Gasteiger partial charge is 0.244 e. The van der Waals surface area contributed by atoms with E-state index in [2.05, 4.69) is 0 Å². The van der Waals surface area contributed by atoms with Gasteiger partial charge >= 0.3 is 0 Å². The van der Waals surface area contributed by atoms with Gasteiger partial charge in [-0.15, -0.1) is 11.3 Å². The van der Waals surface area contributed by atoms with Crippen LogP contribution in [0.5, 0.6) is 0 Å². The smallest absolute Gasteiger partial charge is 0.207 e. The first-order valence-electron chi connectivity index (χ1n) is 6.00. The minimum Gasteiger partial charge on any atom is -0.207 e. The van der Waals surface area contributed by atoms with Crippen molar-refractivity contribution in [3.05, 3.63) is 15.8 Å². The fourth-order valence-corrected chi connectivity index (χ4v) is 5.00. The van der Waals surface area contributed by atoms with E-state index in [9.17, 15) is 8.42 Å². The van der Waals surface area contributed by atoms with Crippen LogP contribution in [0.15, 0.2) is 11.0 Å². The lowest BCUT2D eigenvalue weighted by molar-refractivity contribution is 0.410. The summed E-state index contributed by atoms with van der Waals surface area (Å²) in [6.45, 7) is 9.03. The summed E-state index contributed by atoms with van der Waals surface area (Å²) in [5.41, 5.74) is 0. The van der Waals surface area contributed by atoms with Gasteiger partial charge in [-0.2, -0.15) is 4.31 Å². The second-order valence-corrected chi connectivity index (χ2v) is 7.55. The number of nitrogens with zero attached hydrogens (tertiary/aromatic N) is 1. The molecule has 0 atom stereocenters. The summed E-state index contributed by atoms with van der Waals surface area (Å²) < 4.78 is 26.6. The van der Waals surface area contributed by atoms with Crippen LogP contribution >= 0.6 is 11.3 Å². The standard InChI is InChI=1S/C12H21NO2S2/c1-5-7-13(8-6-2)17(14,15)12-9-10(3)16-11(12)4/h9H,5-8H2,1-4H3. The molecule has 0 aliphatic carbocycles. The SMILES string of the molecule is CCCN(CCC)S(=O)(=O)c1cc(C)sc1C. The molecule has 3 nitrogen and oxygen atoms in total. The zero-order valence-corrected chi connectivity index (χ0v) is 12.6. The van der Waals surface area contributed by atoms with Crippen LogP contribution in [0.25, 0.3) is 0 Å². The maximum atomic E-state index is 12.5. The van der Waals surface area contributed by atoms with Crippen LogP contribution in [0.2, 0.25) is 0 Å². The van der Waals surface area contributed by atoms with Gasteiger partial charge in [0.2, 0.25) is 10.0 Å². The lowest BCUT2D eigenvalue weighted by Crippen LogP contribution is -2.32. The molecular formula is C12H21NO2S2. The first-order chi connectivity index (χ1) is 7.93. The zero-order chi connectivity index (χ0) is 13.1. The predicted molar refractivity (Wildman–Crippen MR) is 73.1 cm³/mol. The van der Waals surface area contributed by atoms with E-state index in [1.165, 1.54) is 0 Å². The Labute approximate surface area is 109 Å². The number of sulfonamides is 1. The van der Waals surface area contributed by atoms with Crippen molar-refractivity contribution in [1.29, 1.82) is 0 Å². The van der Waals surface area contributed by atoms with Gasteiger partial charge in [0.25, 0.3) is 0 Å². The molecule has 1 aromatic rings. The summed E-state index contributed by atoms with van der Waals surface area (Å²) >= 11 is 1.54. The van der Waals surface area contributed by atoms with Crippen LogP contribution in [0.1, 0.15) is 36.4 Å². The molecule has 17 heavy (non-hydrogen) atoms. The minimum atomic E-state index is -3.29. The fraction of sp³-hybridized carbons (Fsp3) is 0.667. The number of hydrogen-bond acceptors (Lipinski definition) is 3. The molecule has 0 spiro atoms. The normalized spacial score (nSPS) is 12.3. The second-order valence-electron chi connectivity index (χ2n) is 4.18. The molecule has 0 amide bonds. The molecule has 5 heteroatoms. The summed E-state index contributed by atoms with van der Waals surface area (Å²) in [7, 11) is -3.29. The van der Waals surface area contributed by atoms with Gasteiger partial charge in [-0.05, 0) is 32.8 Å². The fourth-order valence-electron chi connectivity index (χ4n) is 1.85. The lowest BCUT2D eigenvalue weighted by atomic mass is 10.4. The van der Waals surface area contributed by atoms with Gasteiger partial charge in [-0.25, -0.2) is 8.42 Å². The second kappa shape index (κ2) is 5.98. The third-order valence-electron chi connectivity index (χ3n) is 2.56. The monoisotopic (exact) mass is 275 g/mol. The molecule has 0 aliphatic rings. The third-order valence-corrected chi connectivity index (χ3v) is 5.68. The lowest BCUT2D eigenvalue weighted by Gasteiger charge is -2.20. The summed E-state index contributed by atoms with van der Waals surface area (Å²) in [5, 5.41) is 0. The molecule has 0 aliphatic heterocycles. The van der Waals surface area contributed by atoms with Crippen LogP contribution in [0.3, 0.4) is 0 Å². The Morgan fingerprint density at radius 1 is 1.18 bits per heavy atom. The van der Waals surface area contributed by atoms with Gasteiger partial charge in [-0.1, -0.05) is 13.8 Å². The zero-order valence-electron chi connectivity index (χ0n) is 11.0. The van der Waals surface area contributed by atoms with E-state index in [1.54, 1.807) is 21.7 Å². The average molecular weight is 275 g/mol. The predicted octanol–water partition coefficient (Wildman–Crippen LogP) is 3.18. The van der Waals surface area contributed by atoms with Gasteiger partial charge in [0, 0.05) is 22.8 Å². The molecule has 98 valence electrons. The van der Waals surface area contributed by atoms with E-state index in [4.69, 9.17) is 0 Å². The summed E-state index contributed by atoms with van der Waals surface area (Å²) in [6.07, 6.45) is 1.70. The van der Waals surface area contributed by atoms with Crippen LogP contribution < -0.4 is 0 Å². The van der Waals surface area contributed by atoms with Gasteiger partial charge in [0.05, 0.1) is 4.90 Å². The Balaban J connectivity index is 3.11. The average Bonchev–Trinajstić information content (AvgIpc) is 2.58. The quantitative estimate of drug-likeness (QED) is 0.799. The van der Waals surface area contributed by atoms with Gasteiger partial charge in [-0.3, -0.25) is 0 Å². The van der Waals surface area contributed by atoms with Gasteiger partial charge in [0.1, 0.15) is 0 Å². The highest BCUT2D eigenvalue weighted by Gasteiger charge is 2.25. The van der Waals surface area contributed by atoms with Crippen LogP contribution in [0.4, 0.5) is 0 Å². The van der Waals surface area contributed by atoms with Crippen molar-refractivity contribution in [2.75, 3.05) is 13.1 Å². The Kier molecular flexibility index (Phi) is 5.16. The molecule has 0 unspecified atom stereocenters. The molecule has 0 saturated carbocycles. The number of hydrogen-bond donors (Lipinski definition) is 0. The molecule has 0 saturated heterocycles. The van der Waals surface area contributed by atoms with Gasteiger partial charge < -0.3 is 0 Å². The van der Waals surface area contributed by atoms with Crippen molar-refractivity contribution in [1.82, 2.24) is 4.31 Å². The Morgan fingerprint density at radius 2 is 1.71 bits per heavy atom. The van der Waals surface area contributed by atoms with E-state index in [0.29, 0.717) is 18.0 Å². The highest BCUT2D eigenvalue weighted by molar-refractivity contribution is 7.89. The molecule has 0 N–H and O–H groups in total. The van der Waals surface area contributed by atoms with Crippen LogP contribution in [-0.2, 0) is 10.0 Å². The third kappa shape index (κ3) is 3.30. The van der Waals surface area contributed by atoms with E-state index in [0.717, 1.165) is 22.6 Å². The van der Waals surface area contributed by atoms with Crippen LogP contribution in [-0.4, -0.2) is 25.8 Å². The molecule has 0 radical (unpaired) electrons. The van der Waals surface area contributed by atoms with E-state index in [-0.39, 0.29) is 0 Å². The maximum Gasteiger partial charge on any atom is 0.244 e. The Bertz CT molecular complexity index is 457. The molecule has 1 heterocycles. The highest BCUT2D eigenvalue weighted by atomic mass is 32.2. The molecule has 1 rings (SSSR count). The minimum absolute atomic E-state index is 0.488. The Hall–Kier alpha value is -0.390. The molecule has 0 bridgehead atoms. The number of rotatable bonds is 6. The number of aryl methyl sites for hydroxylation is 2. The first-order valence-corrected chi connectivity index (χ1v) is 8.26.